The normalized spacial score (nSPS) is 28.8. The van der Waals surface area contributed by atoms with Crippen molar-refractivity contribution in [3.05, 3.63) is 0 Å². The number of hydrogen-bond acceptors (Lipinski definition) is 3. The molecule has 1 heterocycles. The Labute approximate surface area is 74.3 Å². The summed E-state index contributed by atoms with van der Waals surface area (Å²) in [5.41, 5.74) is 0. The molecular formula is C9H19NO2. The Balaban J connectivity index is 2.22. The number of morpholine rings is 1. The molecule has 1 aliphatic rings. The molecule has 1 N–H and O–H groups in total. The van der Waals surface area contributed by atoms with Crippen LogP contribution >= 0.6 is 0 Å². The van der Waals surface area contributed by atoms with Crippen LogP contribution < -0.4 is 0 Å². The molecule has 0 saturated carbocycles. The van der Waals surface area contributed by atoms with E-state index < -0.39 is 0 Å². The van der Waals surface area contributed by atoms with Crippen LogP contribution in [0.5, 0.6) is 0 Å². The Morgan fingerprint density at radius 2 is 2.42 bits per heavy atom. The third-order valence-electron chi connectivity index (χ3n) is 2.27. The first kappa shape index (κ1) is 9.96. The van der Waals surface area contributed by atoms with E-state index >= 15 is 0 Å². The molecule has 1 aliphatic heterocycles. The van der Waals surface area contributed by atoms with E-state index in [0.29, 0.717) is 6.10 Å². The molecule has 0 spiro atoms. The van der Waals surface area contributed by atoms with Gasteiger partial charge in [0, 0.05) is 19.6 Å². The second kappa shape index (κ2) is 4.80. The van der Waals surface area contributed by atoms with Crippen LogP contribution in [0.2, 0.25) is 0 Å². The maximum absolute atomic E-state index is 9.41. The molecule has 12 heavy (non-hydrogen) atoms. The van der Waals surface area contributed by atoms with E-state index in [1.165, 1.54) is 0 Å². The van der Waals surface area contributed by atoms with Crippen molar-refractivity contribution in [1.82, 2.24) is 4.90 Å². The van der Waals surface area contributed by atoms with Gasteiger partial charge in [-0.25, -0.2) is 0 Å². The number of aliphatic hydroxyl groups is 1. The van der Waals surface area contributed by atoms with E-state index in [1.54, 1.807) is 0 Å². The van der Waals surface area contributed by atoms with Gasteiger partial charge in [0.15, 0.2) is 0 Å². The van der Waals surface area contributed by atoms with Crippen LogP contribution in [-0.4, -0.2) is 48.5 Å². The molecule has 3 heteroatoms. The maximum atomic E-state index is 9.41. The number of β-amino-alcohol motifs (C(OH)–C–C–N with tert-alkyl or cyclic N) is 1. The third kappa shape index (κ3) is 3.09. The molecule has 2 atom stereocenters. The average molecular weight is 173 g/mol. The molecule has 0 aromatic heterocycles. The molecule has 1 rings (SSSR count). The van der Waals surface area contributed by atoms with Crippen molar-refractivity contribution in [1.29, 1.82) is 0 Å². The summed E-state index contributed by atoms with van der Waals surface area (Å²) < 4.78 is 5.40. The molecular weight excluding hydrogens is 154 g/mol. The summed E-state index contributed by atoms with van der Waals surface area (Å²) in [6.07, 6.45) is 0.990. The SMILES string of the molecule is CC[C@H](O)CN1CCO[C@H](C)C1. The minimum Gasteiger partial charge on any atom is -0.392 e. The number of aliphatic hydroxyl groups excluding tert-OH is 1. The minimum atomic E-state index is -0.171. The lowest BCUT2D eigenvalue weighted by molar-refractivity contribution is -0.0318. The molecule has 0 radical (unpaired) electrons. The number of hydrogen-bond donors (Lipinski definition) is 1. The third-order valence-corrected chi connectivity index (χ3v) is 2.27. The molecule has 0 aromatic rings. The van der Waals surface area contributed by atoms with E-state index in [9.17, 15) is 5.11 Å². The molecule has 0 bridgehead atoms. The minimum absolute atomic E-state index is 0.171. The highest BCUT2D eigenvalue weighted by Gasteiger charge is 2.17. The van der Waals surface area contributed by atoms with Gasteiger partial charge in [0.05, 0.1) is 18.8 Å². The van der Waals surface area contributed by atoms with Crippen LogP contribution in [0.25, 0.3) is 0 Å². The first-order valence-corrected chi connectivity index (χ1v) is 4.74. The van der Waals surface area contributed by atoms with Gasteiger partial charge in [0.2, 0.25) is 0 Å². The Kier molecular flexibility index (Phi) is 3.98. The Hall–Kier alpha value is -0.120. The molecule has 1 saturated heterocycles. The summed E-state index contributed by atoms with van der Waals surface area (Å²) in [6, 6.07) is 0. The van der Waals surface area contributed by atoms with Gasteiger partial charge < -0.3 is 9.84 Å². The van der Waals surface area contributed by atoms with Crippen molar-refractivity contribution in [3.8, 4) is 0 Å². The summed E-state index contributed by atoms with van der Waals surface area (Å²) in [5, 5.41) is 9.41. The first-order chi connectivity index (χ1) is 5.72. The van der Waals surface area contributed by atoms with Crippen LogP contribution in [0.1, 0.15) is 20.3 Å². The van der Waals surface area contributed by atoms with Gasteiger partial charge in [-0.3, -0.25) is 4.90 Å². The zero-order chi connectivity index (χ0) is 8.97. The predicted molar refractivity (Wildman–Crippen MR) is 48.2 cm³/mol. The zero-order valence-electron chi connectivity index (χ0n) is 7.99. The largest absolute Gasteiger partial charge is 0.392 e. The molecule has 72 valence electrons. The topological polar surface area (TPSA) is 32.7 Å². The van der Waals surface area contributed by atoms with Gasteiger partial charge in [0.1, 0.15) is 0 Å². The average Bonchev–Trinajstić information content (AvgIpc) is 2.04. The highest BCUT2D eigenvalue weighted by atomic mass is 16.5. The monoisotopic (exact) mass is 173 g/mol. The van der Waals surface area contributed by atoms with Gasteiger partial charge in [0.25, 0.3) is 0 Å². The zero-order valence-corrected chi connectivity index (χ0v) is 7.99. The predicted octanol–water partition coefficient (Wildman–Crippen LogP) is 0.478. The lowest BCUT2D eigenvalue weighted by Crippen LogP contribution is -2.44. The van der Waals surface area contributed by atoms with Crippen molar-refractivity contribution in [2.75, 3.05) is 26.2 Å². The lowest BCUT2D eigenvalue weighted by Gasteiger charge is -2.32. The van der Waals surface area contributed by atoms with Crippen molar-refractivity contribution >= 4 is 0 Å². The van der Waals surface area contributed by atoms with Gasteiger partial charge in [-0.1, -0.05) is 6.92 Å². The highest BCUT2D eigenvalue weighted by Crippen LogP contribution is 2.05. The molecule has 0 aromatic carbocycles. The highest BCUT2D eigenvalue weighted by molar-refractivity contribution is 4.70. The summed E-state index contributed by atoms with van der Waals surface area (Å²) in [6.45, 7) is 7.60. The second-order valence-corrected chi connectivity index (χ2v) is 3.50. The van der Waals surface area contributed by atoms with Crippen LogP contribution in [0.15, 0.2) is 0 Å². The van der Waals surface area contributed by atoms with Gasteiger partial charge in [-0.15, -0.1) is 0 Å². The van der Waals surface area contributed by atoms with Crippen molar-refractivity contribution in [2.24, 2.45) is 0 Å². The second-order valence-electron chi connectivity index (χ2n) is 3.50. The number of nitrogens with zero attached hydrogens (tertiary/aromatic N) is 1. The first-order valence-electron chi connectivity index (χ1n) is 4.74. The van der Waals surface area contributed by atoms with Crippen molar-refractivity contribution in [2.45, 2.75) is 32.5 Å². The van der Waals surface area contributed by atoms with E-state index in [4.69, 9.17) is 4.74 Å². The molecule has 0 amide bonds. The van der Waals surface area contributed by atoms with E-state index in [0.717, 1.165) is 32.7 Å². The molecule has 0 unspecified atom stereocenters. The van der Waals surface area contributed by atoms with Gasteiger partial charge in [-0.05, 0) is 13.3 Å². The number of ether oxygens (including phenoxy) is 1. The van der Waals surface area contributed by atoms with Crippen LogP contribution in [0.3, 0.4) is 0 Å². The lowest BCUT2D eigenvalue weighted by atomic mass is 10.2. The molecule has 1 fully saturated rings. The van der Waals surface area contributed by atoms with Crippen LogP contribution in [0, 0.1) is 0 Å². The fraction of sp³-hybridized carbons (Fsp3) is 1.00. The Morgan fingerprint density at radius 3 is 3.00 bits per heavy atom. The summed E-state index contributed by atoms with van der Waals surface area (Å²) in [5.74, 6) is 0. The standard InChI is InChI=1S/C9H19NO2/c1-3-9(11)7-10-4-5-12-8(2)6-10/h8-9,11H,3-7H2,1-2H3/t8-,9+/m1/s1. The fourth-order valence-corrected chi connectivity index (χ4v) is 1.48. The summed E-state index contributed by atoms with van der Waals surface area (Å²) in [4.78, 5) is 2.27. The fourth-order valence-electron chi connectivity index (χ4n) is 1.48. The smallest absolute Gasteiger partial charge is 0.0674 e. The molecule has 3 nitrogen and oxygen atoms in total. The van der Waals surface area contributed by atoms with E-state index in [1.807, 2.05) is 6.92 Å². The van der Waals surface area contributed by atoms with Crippen LogP contribution in [0.4, 0.5) is 0 Å². The van der Waals surface area contributed by atoms with Crippen molar-refractivity contribution in [3.63, 3.8) is 0 Å². The summed E-state index contributed by atoms with van der Waals surface area (Å²) in [7, 11) is 0. The Bertz CT molecular complexity index is 130. The van der Waals surface area contributed by atoms with E-state index in [-0.39, 0.29) is 6.10 Å². The summed E-state index contributed by atoms with van der Waals surface area (Å²) >= 11 is 0. The maximum Gasteiger partial charge on any atom is 0.0674 e. The molecule has 0 aliphatic carbocycles. The van der Waals surface area contributed by atoms with Gasteiger partial charge >= 0.3 is 0 Å². The van der Waals surface area contributed by atoms with E-state index in [2.05, 4.69) is 11.8 Å². The van der Waals surface area contributed by atoms with Crippen molar-refractivity contribution < 1.29 is 9.84 Å². The quantitative estimate of drug-likeness (QED) is 0.673. The Morgan fingerprint density at radius 1 is 1.67 bits per heavy atom. The number of rotatable bonds is 3. The van der Waals surface area contributed by atoms with Crippen LogP contribution in [-0.2, 0) is 4.74 Å². The van der Waals surface area contributed by atoms with Gasteiger partial charge in [-0.2, -0.15) is 0 Å².